The van der Waals surface area contributed by atoms with Crippen molar-refractivity contribution in [2.24, 2.45) is 0 Å². The summed E-state index contributed by atoms with van der Waals surface area (Å²) < 4.78 is 31.4. The van der Waals surface area contributed by atoms with E-state index in [2.05, 4.69) is 5.32 Å². The number of halogens is 2. The molecule has 2 aromatic carbocycles. The Morgan fingerprint density at radius 2 is 1.72 bits per heavy atom. The maximum absolute atomic E-state index is 13.6. The first-order valence-electron chi connectivity index (χ1n) is 11.6. The van der Waals surface area contributed by atoms with Crippen molar-refractivity contribution >= 4 is 50.7 Å². The summed E-state index contributed by atoms with van der Waals surface area (Å²) >= 11 is 12.2. The lowest BCUT2D eigenvalue weighted by Gasteiger charge is -2.32. The van der Waals surface area contributed by atoms with Gasteiger partial charge in [0.25, 0.3) is 0 Å². The van der Waals surface area contributed by atoms with Crippen LogP contribution >= 0.6 is 23.2 Å². The molecule has 1 N–H and O–H groups in total. The summed E-state index contributed by atoms with van der Waals surface area (Å²) in [7, 11) is -2.30. The Kier molecular flexibility index (Phi) is 9.49. The van der Waals surface area contributed by atoms with Crippen LogP contribution in [0.15, 0.2) is 42.5 Å². The number of anilines is 1. The molecule has 0 unspecified atom stereocenters. The lowest BCUT2D eigenvalue weighted by atomic mass is 10.1. The Labute approximate surface area is 222 Å². The fraction of sp³-hybridized carbons (Fsp3) is 0.440. The zero-order chi connectivity index (χ0) is 26.5. The molecular weight excluding hydrogens is 525 g/mol. The lowest BCUT2D eigenvalue weighted by Crippen LogP contribution is -2.52. The summed E-state index contributed by atoms with van der Waals surface area (Å²) in [6, 6.07) is 10.5. The van der Waals surface area contributed by atoms with Crippen LogP contribution in [0.5, 0.6) is 5.75 Å². The predicted molar refractivity (Wildman–Crippen MR) is 142 cm³/mol. The molecule has 196 valence electrons. The minimum absolute atomic E-state index is 0.0508. The molecule has 0 heterocycles. The molecule has 0 aromatic heterocycles. The molecule has 0 radical (unpaired) electrons. The van der Waals surface area contributed by atoms with Gasteiger partial charge in [0.1, 0.15) is 18.3 Å². The SMILES string of the molecule is COc1ccc(N(CC(=O)N(Cc2ccc(Cl)c(Cl)c2)[C@@H](C)C(=O)NC2CCCC2)S(C)(=O)=O)cc1. The second kappa shape index (κ2) is 12.2. The van der Waals surface area contributed by atoms with E-state index in [0.29, 0.717) is 27.0 Å². The van der Waals surface area contributed by atoms with Gasteiger partial charge < -0.3 is 15.0 Å². The molecule has 8 nitrogen and oxygen atoms in total. The minimum Gasteiger partial charge on any atom is -0.497 e. The highest BCUT2D eigenvalue weighted by molar-refractivity contribution is 7.92. The summed E-state index contributed by atoms with van der Waals surface area (Å²) in [6.07, 6.45) is 4.94. The number of amides is 2. The Hall–Kier alpha value is -2.49. The molecule has 1 aliphatic rings. The molecule has 1 fully saturated rings. The monoisotopic (exact) mass is 555 g/mol. The fourth-order valence-electron chi connectivity index (χ4n) is 4.17. The molecule has 3 rings (SSSR count). The van der Waals surface area contributed by atoms with Gasteiger partial charge in [-0.1, -0.05) is 42.1 Å². The number of ether oxygens (including phenoxy) is 1. The first-order chi connectivity index (χ1) is 17.0. The third-order valence-corrected chi connectivity index (χ3v) is 8.12. The number of hydrogen-bond acceptors (Lipinski definition) is 5. The van der Waals surface area contributed by atoms with E-state index in [9.17, 15) is 18.0 Å². The molecule has 2 amide bonds. The van der Waals surface area contributed by atoms with E-state index in [-0.39, 0.29) is 18.5 Å². The number of sulfonamides is 1. The van der Waals surface area contributed by atoms with Gasteiger partial charge in [-0.25, -0.2) is 8.42 Å². The van der Waals surface area contributed by atoms with Crippen molar-refractivity contribution in [2.75, 3.05) is 24.2 Å². The van der Waals surface area contributed by atoms with Gasteiger partial charge in [0.15, 0.2) is 0 Å². The summed E-state index contributed by atoms with van der Waals surface area (Å²) in [6.45, 7) is 1.21. The van der Waals surface area contributed by atoms with Gasteiger partial charge in [-0.2, -0.15) is 0 Å². The Morgan fingerprint density at radius 3 is 2.28 bits per heavy atom. The van der Waals surface area contributed by atoms with E-state index in [4.69, 9.17) is 27.9 Å². The zero-order valence-electron chi connectivity index (χ0n) is 20.5. The van der Waals surface area contributed by atoms with Crippen LogP contribution in [-0.2, 0) is 26.2 Å². The van der Waals surface area contributed by atoms with Crippen LogP contribution in [-0.4, -0.2) is 57.1 Å². The van der Waals surface area contributed by atoms with E-state index >= 15 is 0 Å². The van der Waals surface area contributed by atoms with Gasteiger partial charge in [-0.15, -0.1) is 0 Å². The van der Waals surface area contributed by atoms with Gasteiger partial charge in [-0.3, -0.25) is 13.9 Å². The van der Waals surface area contributed by atoms with Crippen LogP contribution in [0.1, 0.15) is 38.2 Å². The number of benzene rings is 2. The van der Waals surface area contributed by atoms with Crippen LogP contribution in [0.2, 0.25) is 10.0 Å². The largest absolute Gasteiger partial charge is 0.497 e. The highest BCUT2D eigenvalue weighted by Crippen LogP contribution is 2.25. The van der Waals surface area contributed by atoms with E-state index in [0.717, 1.165) is 36.2 Å². The quantitative estimate of drug-likeness (QED) is 0.472. The molecule has 1 aliphatic carbocycles. The standard InChI is InChI=1S/C25H31Cl2N3O5S/c1-17(25(32)28-19-6-4-5-7-19)29(15-18-8-13-22(26)23(27)14-18)24(31)16-30(36(3,33)34)20-9-11-21(35-2)12-10-20/h8-14,17,19H,4-7,15-16H2,1-3H3,(H,28,32)/t17-/m0/s1. The van der Waals surface area contributed by atoms with Crippen molar-refractivity contribution in [3.8, 4) is 5.75 Å². The molecule has 2 aromatic rings. The Morgan fingerprint density at radius 1 is 1.08 bits per heavy atom. The molecular formula is C25H31Cl2N3O5S. The van der Waals surface area contributed by atoms with Gasteiger partial charge >= 0.3 is 0 Å². The third kappa shape index (κ3) is 7.27. The number of carbonyl (C=O) groups is 2. The van der Waals surface area contributed by atoms with Gasteiger partial charge in [0.05, 0.1) is 29.1 Å². The summed E-state index contributed by atoms with van der Waals surface area (Å²) in [5.41, 5.74) is 0.970. The molecule has 0 aliphatic heterocycles. The molecule has 0 spiro atoms. The summed E-state index contributed by atoms with van der Waals surface area (Å²) in [5.74, 6) is -0.265. The van der Waals surface area contributed by atoms with E-state index < -0.39 is 28.5 Å². The van der Waals surface area contributed by atoms with Crippen molar-refractivity contribution in [2.45, 2.75) is 51.2 Å². The van der Waals surface area contributed by atoms with Crippen molar-refractivity contribution in [3.05, 3.63) is 58.1 Å². The Balaban J connectivity index is 1.88. The van der Waals surface area contributed by atoms with Crippen molar-refractivity contribution in [1.29, 1.82) is 0 Å². The predicted octanol–water partition coefficient (Wildman–Crippen LogP) is 4.24. The Bertz CT molecular complexity index is 1180. The van der Waals surface area contributed by atoms with Crippen LogP contribution in [0, 0.1) is 0 Å². The average Bonchev–Trinajstić information content (AvgIpc) is 3.35. The molecule has 1 saturated carbocycles. The molecule has 0 saturated heterocycles. The number of hydrogen-bond donors (Lipinski definition) is 1. The van der Waals surface area contributed by atoms with Crippen LogP contribution in [0.4, 0.5) is 5.69 Å². The molecule has 11 heteroatoms. The lowest BCUT2D eigenvalue weighted by molar-refractivity contribution is -0.139. The average molecular weight is 557 g/mol. The van der Waals surface area contributed by atoms with Crippen molar-refractivity contribution < 1.29 is 22.7 Å². The zero-order valence-corrected chi connectivity index (χ0v) is 22.9. The van der Waals surface area contributed by atoms with E-state index in [1.807, 2.05) is 0 Å². The summed E-state index contributed by atoms with van der Waals surface area (Å²) in [4.78, 5) is 28.0. The van der Waals surface area contributed by atoms with Gasteiger partial charge in [-0.05, 0) is 61.7 Å². The smallest absolute Gasteiger partial charge is 0.244 e. The molecule has 0 bridgehead atoms. The van der Waals surface area contributed by atoms with Crippen LogP contribution in [0.25, 0.3) is 0 Å². The van der Waals surface area contributed by atoms with E-state index in [1.54, 1.807) is 49.4 Å². The maximum Gasteiger partial charge on any atom is 0.244 e. The number of nitrogens with one attached hydrogen (secondary N) is 1. The highest BCUT2D eigenvalue weighted by Gasteiger charge is 2.31. The number of nitrogens with zero attached hydrogens (tertiary/aromatic N) is 2. The maximum atomic E-state index is 13.6. The summed E-state index contributed by atoms with van der Waals surface area (Å²) in [5, 5.41) is 3.71. The van der Waals surface area contributed by atoms with Crippen LogP contribution in [0.3, 0.4) is 0 Å². The number of rotatable bonds is 10. The number of methoxy groups -OCH3 is 1. The second-order valence-electron chi connectivity index (χ2n) is 8.90. The second-order valence-corrected chi connectivity index (χ2v) is 11.6. The topological polar surface area (TPSA) is 96.0 Å². The van der Waals surface area contributed by atoms with Gasteiger partial charge in [0, 0.05) is 12.6 Å². The normalized spacial score (nSPS) is 14.8. The number of carbonyl (C=O) groups excluding carboxylic acids is 2. The first kappa shape index (κ1) is 28.1. The fourth-order valence-corrected chi connectivity index (χ4v) is 5.34. The van der Waals surface area contributed by atoms with Gasteiger partial charge in [0.2, 0.25) is 21.8 Å². The molecule has 1 atom stereocenters. The minimum atomic E-state index is -3.81. The van der Waals surface area contributed by atoms with E-state index in [1.165, 1.54) is 12.0 Å². The van der Waals surface area contributed by atoms with Crippen LogP contribution < -0.4 is 14.4 Å². The molecule has 36 heavy (non-hydrogen) atoms. The van der Waals surface area contributed by atoms with Crippen molar-refractivity contribution in [1.82, 2.24) is 10.2 Å². The van der Waals surface area contributed by atoms with Crippen molar-refractivity contribution in [3.63, 3.8) is 0 Å². The first-order valence-corrected chi connectivity index (χ1v) is 14.3. The third-order valence-electron chi connectivity index (χ3n) is 6.25. The highest BCUT2D eigenvalue weighted by atomic mass is 35.5.